The molecule has 0 aromatic heterocycles. The lowest BCUT2D eigenvalue weighted by atomic mass is 10.1. The van der Waals surface area contributed by atoms with E-state index in [-0.39, 0.29) is 24.0 Å². The quantitative estimate of drug-likeness (QED) is 0.293. The molecular weight excluding hydrogens is 393 g/mol. The highest BCUT2D eigenvalue weighted by Crippen LogP contribution is 2.18. The van der Waals surface area contributed by atoms with Crippen molar-refractivity contribution in [2.75, 3.05) is 33.4 Å². The fraction of sp³-hybridized carbons (Fsp3) is 0.562. The number of nitrogens with zero attached hydrogens (tertiary/aromatic N) is 1. The molecule has 1 aromatic rings. The second kappa shape index (κ2) is 12.5. The first kappa shape index (κ1) is 21.0. The highest BCUT2D eigenvalue weighted by molar-refractivity contribution is 14.0. The van der Waals surface area contributed by atoms with E-state index in [4.69, 9.17) is 9.47 Å². The van der Waals surface area contributed by atoms with Crippen LogP contribution in [0.15, 0.2) is 23.2 Å². The van der Waals surface area contributed by atoms with Crippen LogP contribution in [0.2, 0.25) is 0 Å². The molecule has 0 spiro atoms. The van der Waals surface area contributed by atoms with E-state index in [2.05, 4.69) is 28.6 Å². The zero-order valence-electron chi connectivity index (χ0n) is 13.9. The van der Waals surface area contributed by atoms with Gasteiger partial charge in [-0.2, -0.15) is 0 Å². The van der Waals surface area contributed by atoms with Gasteiger partial charge in [0.25, 0.3) is 0 Å². The molecular formula is C16H28IN3O2. The van der Waals surface area contributed by atoms with Crippen LogP contribution in [0.25, 0.3) is 0 Å². The second-order valence-electron chi connectivity index (χ2n) is 4.62. The van der Waals surface area contributed by atoms with Gasteiger partial charge in [0.15, 0.2) is 5.96 Å². The first-order valence-electron chi connectivity index (χ1n) is 7.44. The van der Waals surface area contributed by atoms with Crippen LogP contribution in [-0.4, -0.2) is 39.4 Å². The van der Waals surface area contributed by atoms with Gasteiger partial charge in [0.2, 0.25) is 0 Å². The van der Waals surface area contributed by atoms with Crippen molar-refractivity contribution in [2.45, 2.75) is 27.3 Å². The van der Waals surface area contributed by atoms with E-state index in [1.165, 1.54) is 0 Å². The number of hydrogen-bond donors (Lipinski definition) is 2. The number of aliphatic imine (C=N–C) groups is 1. The molecule has 0 atom stereocenters. The molecule has 0 radical (unpaired) electrons. The first-order valence-corrected chi connectivity index (χ1v) is 7.44. The van der Waals surface area contributed by atoms with Crippen LogP contribution < -0.4 is 15.4 Å². The van der Waals surface area contributed by atoms with Gasteiger partial charge >= 0.3 is 0 Å². The Labute approximate surface area is 150 Å². The predicted molar refractivity (Wildman–Crippen MR) is 102 cm³/mol. The van der Waals surface area contributed by atoms with Gasteiger partial charge < -0.3 is 20.1 Å². The lowest BCUT2D eigenvalue weighted by Crippen LogP contribution is -2.39. The summed E-state index contributed by atoms with van der Waals surface area (Å²) >= 11 is 0. The van der Waals surface area contributed by atoms with Gasteiger partial charge in [-0.25, -0.2) is 4.99 Å². The Morgan fingerprint density at radius 1 is 1.23 bits per heavy atom. The van der Waals surface area contributed by atoms with Crippen molar-refractivity contribution in [2.24, 2.45) is 4.99 Å². The fourth-order valence-electron chi connectivity index (χ4n) is 1.94. The topological polar surface area (TPSA) is 54.9 Å². The van der Waals surface area contributed by atoms with E-state index in [0.717, 1.165) is 42.5 Å². The van der Waals surface area contributed by atoms with Gasteiger partial charge in [0.1, 0.15) is 5.75 Å². The maximum atomic E-state index is 5.31. The zero-order chi connectivity index (χ0) is 15.5. The summed E-state index contributed by atoms with van der Waals surface area (Å²) in [6.07, 6.45) is 0. The van der Waals surface area contributed by atoms with Crippen LogP contribution in [0, 0.1) is 6.92 Å². The predicted octanol–water partition coefficient (Wildman–Crippen LogP) is 2.71. The normalized spacial score (nSPS) is 10.8. The van der Waals surface area contributed by atoms with Crippen LogP contribution in [0.5, 0.6) is 5.75 Å². The number of nitrogens with one attached hydrogen (secondary N) is 2. The van der Waals surface area contributed by atoms with E-state index in [0.29, 0.717) is 13.2 Å². The Kier molecular flexibility index (Phi) is 11.9. The van der Waals surface area contributed by atoms with E-state index >= 15 is 0 Å². The third-order valence-electron chi connectivity index (χ3n) is 2.97. The van der Waals surface area contributed by atoms with E-state index in [1.807, 2.05) is 26.0 Å². The van der Waals surface area contributed by atoms with Crippen LogP contribution in [0.1, 0.15) is 25.0 Å². The molecule has 0 heterocycles. The number of benzene rings is 1. The largest absolute Gasteiger partial charge is 0.496 e. The van der Waals surface area contributed by atoms with Crippen molar-refractivity contribution in [3.8, 4) is 5.75 Å². The van der Waals surface area contributed by atoms with Crippen LogP contribution in [0.4, 0.5) is 0 Å². The monoisotopic (exact) mass is 421 g/mol. The van der Waals surface area contributed by atoms with Crippen LogP contribution >= 0.6 is 24.0 Å². The summed E-state index contributed by atoms with van der Waals surface area (Å²) in [6.45, 7) is 9.72. The van der Waals surface area contributed by atoms with Gasteiger partial charge in [0.05, 0.1) is 20.3 Å². The van der Waals surface area contributed by atoms with Gasteiger partial charge in [0, 0.05) is 19.7 Å². The summed E-state index contributed by atoms with van der Waals surface area (Å²) in [6, 6.07) is 6.13. The standard InChI is InChI=1S/C16H27N3O2.HI/c1-5-17-16(18-9-10-21-6-2)19-12-14-7-8-15(20-4)13(3)11-14;/h7-8,11H,5-6,9-10,12H2,1-4H3,(H2,17,18,19);1H. The average Bonchev–Trinajstić information content (AvgIpc) is 2.49. The van der Waals surface area contributed by atoms with Crippen molar-refractivity contribution < 1.29 is 9.47 Å². The summed E-state index contributed by atoms with van der Waals surface area (Å²) in [4.78, 5) is 4.58. The van der Waals surface area contributed by atoms with Crippen LogP contribution in [-0.2, 0) is 11.3 Å². The minimum atomic E-state index is 0. The Hall–Kier alpha value is -1.02. The Morgan fingerprint density at radius 2 is 2.00 bits per heavy atom. The van der Waals surface area contributed by atoms with Gasteiger partial charge in [-0.15, -0.1) is 24.0 Å². The number of ether oxygens (including phenoxy) is 2. The Balaban J connectivity index is 0.00000441. The third kappa shape index (κ3) is 7.84. The highest BCUT2D eigenvalue weighted by Gasteiger charge is 2.01. The summed E-state index contributed by atoms with van der Waals surface area (Å²) in [5.74, 6) is 1.72. The van der Waals surface area contributed by atoms with Crippen molar-refractivity contribution in [3.63, 3.8) is 0 Å². The molecule has 0 saturated heterocycles. The summed E-state index contributed by atoms with van der Waals surface area (Å²) < 4.78 is 10.6. The summed E-state index contributed by atoms with van der Waals surface area (Å²) in [5.41, 5.74) is 2.29. The van der Waals surface area contributed by atoms with Crippen molar-refractivity contribution in [1.29, 1.82) is 0 Å². The molecule has 1 aromatic carbocycles. The molecule has 0 aliphatic carbocycles. The molecule has 126 valence electrons. The summed E-state index contributed by atoms with van der Waals surface area (Å²) in [7, 11) is 1.69. The number of halogens is 1. The number of guanidine groups is 1. The van der Waals surface area contributed by atoms with E-state index < -0.39 is 0 Å². The SMILES string of the molecule is CCNC(=NCc1ccc(OC)c(C)c1)NCCOCC.I. The maximum Gasteiger partial charge on any atom is 0.191 e. The van der Waals surface area contributed by atoms with E-state index in [1.54, 1.807) is 7.11 Å². The molecule has 2 N–H and O–H groups in total. The smallest absolute Gasteiger partial charge is 0.191 e. The van der Waals surface area contributed by atoms with Gasteiger partial charge in [-0.1, -0.05) is 12.1 Å². The van der Waals surface area contributed by atoms with E-state index in [9.17, 15) is 0 Å². The molecule has 22 heavy (non-hydrogen) atoms. The number of hydrogen-bond acceptors (Lipinski definition) is 3. The molecule has 1 rings (SSSR count). The molecule has 0 saturated carbocycles. The molecule has 0 amide bonds. The van der Waals surface area contributed by atoms with Crippen LogP contribution in [0.3, 0.4) is 0 Å². The molecule has 0 bridgehead atoms. The lowest BCUT2D eigenvalue weighted by Gasteiger charge is -2.11. The second-order valence-corrected chi connectivity index (χ2v) is 4.62. The van der Waals surface area contributed by atoms with Crippen molar-refractivity contribution >= 4 is 29.9 Å². The van der Waals surface area contributed by atoms with Crippen molar-refractivity contribution in [3.05, 3.63) is 29.3 Å². The molecule has 0 aliphatic heterocycles. The number of rotatable bonds is 8. The number of methoxy groups -OCH3 is 1. The third-order valence-corrected chi connectivity index (χ3v) is 2.97. The molecule has 0 unspecified atom stereocenters. The summed E-state index contributed by atoms with van der Waals surface area (Å²) in [5, 5.41) is 6.48. The maximum absolute atomic E-state index is 5.31. The molecule has 0 aliphatic rings. The number of aryl methyl sites for hydroxylation is 1. The average molecular weight is 421 g/mol. The minimum Gasteiger partial charge on any atom is -0.496 e. The minimum absolute atomic E-state index is 0. The zero-order valence-corrected chi connectivity index (χ0v) is 16.3. The lowest BCUT2D eigenvalue weighted by molar-refractivity contribution is 0.152. The Morgan fingerprint density at radius 3 is 2.59 bits per heavy atom. The Bertz CT molecular complexity index is 453. The molecule has 0 fully saturated rings. The highest BCUT2D eigenvalue weighted by atomic mass is 127. The van der Waals surface area contributed by atoms with Gasteiger partial charge in [-0.05, 0) is 38.0 Å². The molecule has 6 heteroatoms. The van der Waals surface area contributed by atoms with Gasteiger partial charge in [-0.3, -0.25) is 0 Å². The first-order chi connectivity index (χ1) is 10.2. The van der Waals surface area contributed by atoms with Crippen molar-refractivity contribution in [1.82, 2.24) is 10.6 Å². The fourth-order valence-corrected chi connectivity index (χ4v) is 1.94. The molecule has 5 nitrogen and oxygen atoms in total.